The zero-order chi connectivity index (χ0) is 15.1. The minimum Gasteiger partial charge on any atom is -0.493 e. The van der Waals surface area contributed by atoms with Crippen molar-refractivity contribution in [3.63, 3.8) is 0 Å². The first kappa shape index (κ1) is 15.6. The Balaban J connectivity index is 1.72. The molecule has 1 aromatic carbocycles. The Labute approximate surface area is 125 Å². The van der Waals surface area contributed by atoms with E-state index in [1.807, 2.05) is 19.2 Å². The van der Waals surface area contributed by atoms with Crippen molar-refractivity contribution < 1.29 is 19.0 Å². The van der Waals surface area contributed by atoms with Crippen molar-refractivity contribution in [2.75, 3.05) is 47.0 Å². The van der Waals surface area contributed by atoms with Gasteiger partial charge in [-0.3, -0.25) is 4.79 Å². The number of morpholine rings is 1. The zero-order valence-corrected chi connectivity index (χ0v) is 12.5. The Bertz CT molecular complexity index is 467. The van der Waals surface area contributed by atoms with Gasteiger partial charge < -0.3 is 24.4 Å². The van der Waals surface area contributed by atoms with Crippen LogP contribution in [-0.4, -0.2) is 63.9 Å². The van der Waals surface area contributed by atoms with Gasteiger partial charge in [-0.15, -0.1) is 0 Å². The molecular formula is C15H22N2O4. The molecule has 0 aromatic heterocycles. The van der Waals surface area contributed by atoms with Crippen LogP contribution in [0.15, 0.2) is 24.3 Å². The number of likely N-dealkylation sites (N-methyl/N-ethyl adjacent to an activating group) is 1. The smallest absolute Gasteiger partial charge is 0.258 e. The summed E-state index contributed by atoms with van der Waals surface area (Å²) in [6.07, 6.45) is 0.0407. The monoisotopic (exact) mass is 294 g/mol. The molecule has 6 heteroatoms. The predicted molar refractivity (Wildman–Crippen MR) is 78.7 cm³/mol. The number of para-hydroxylation sites is 2. The minimum atomic E-state index is -0.169. The molecule has 0 radical (unpaired) electrons. The highest BCUT2D eigenvalue weighted by Crippen LogP contribution is 2.25. The van der Waals surface area contributed by atoms with Crippen molar-refractivity contribution in [2.45, 2.75) is 6.10 Å². The molecule has 0 bridgehead atoms. The number of rotatable bonds is 6. The van der Waals surface area contributed by atoms with Gasteiger partial charge in [0, 0.05) is 19.6 Å². The van der Waals surface area contributed by atoms with E-state index in [2.05, 4.69) is 10.2 Å². The molecule has 1 saturated heterocycles. The second-order valence-corrected chi connectivity index (χ2v) is 5.00. The van der Waals surface area contributed by atoms with Crippen LogP contribution in [0.4, 0.5) is 0 Å². The van der Waals surface area contributed by atoms with Crippen molar-refractivity contribution in [3.8, 4) is 11.5 Å². The zero-order valence-electron chi connectivity index (χ0n) is 12.5. The van der Waals surface area contributed by atoms with E-state index in [-0.39, 0.29) is 18.6 Å². The number of carbonyl (C=O) groups is 1. The van der Waals surface area contributed by atoms with Crippen LogP contribution in [0.25, 0.3) is 0 Å². The summed E-state index contributed by atoms with van der Waals surface area (Å²) in [5.74, 6) is 1.00. The molecule has 1 aliphatic rings. The van der Waals surface area contributed by atoms with E-state index >= 15 is 0 Å². The fraction of sp³-hybridized carbons (Fsp3) is 0.533. The normalized spacial score (nSPS) is 19.0. The van der Waals surface area contributed by atoms with Gasteiger partial charge in [0.2, 0.25) is 0 Å². The van der Waals surface area contributed by atoms with Gasteiger partial charge in [-0.1, -0.05) is 12.1 Å². The summed E-state index contributed by atoms with van der Waals surface area (Å²) in [6, 6.07) is 7.24. The molecule has 1 unspecified atom stereocenters. The van der Waals surface area contributed by atoms with Crippen LogP contribution in [0.2, 0.25) is 0 Å². The number of nitrogens with one attached hydrogen (secondary N) is 1. The fourth-order valence-electron chi connectivity index (χ4n) is 2.15. The number of hydrogen-bond donors (Lipinski definition) is 1. The Morgan fingerprint density at radius 2 is 2.19 bits per heavy atom. The van der Waals surface area contributed by atoms with Crippen LogP contribution in [0.3, 0.4) is 0 Å². The predicted octanol–water partition coefficient (Wildman–Crippen LogP) is 0.521. The lowest BCUT2D eigenvalue weighted by atomic mass is 10.3. The van der Waals surface area contributed by atoms with Gasteiger partial charge in [-0.25, -0.2) is 0 Å². The average Bonchev–Trinajstić information content (AvgIpc) is 2.51. The van der Waals surface area contributed by atoms with Crippen LogP contribution in [0, 0.1) is 0 Å². The lowest BCUT2D eigenvalue weighted by Crippen LogP contribution is -2.46. The standard InChI is InChI=1S/C15H22N2O4/c1-17-7-8-20-12(10-17)9-16-15(18)11-21-14-6-4-3-5-13(14)19-2/h3-6,12H,7-11H2,1-2H3,(H,16,18). The van der Waals surface area contributed by atoms with Crippen LogP contribution in [-0.2, 0) is 9.53 Å². The Morgan fingerprint density at radius 1 is 1.43 bits per heavy atom. The molecule has 1 heterocycles. The number of methoxy groups -OCH3 is 1. The van der Waals surface area contributed by atoms with Gasteiger partial charge in [0.15, 0.2) is 18.1 Å². The van der Waals surface area contributed by atoms with Crippen molar-refractivity contribution >= 4 is 5.91 Å². The van der Waals surface area contributed by atoms with Crippen LogP contribution in [0.5, 0.6) is 11.5 Å². The number of benzene rings is 1. The maximum Gasteiger partial charge on any atom is 0.258 e. The van der Waals surface area contributed by atoms with E-state index in [0.717, 1.165) is 13.1 Å². The van der Waals surface area contributed by atoms with E-state index in [9.17, 15) is 4.79 Å². The fourth-order valence-corrected chi connectivity index (χ4v) is 2.15. The van der Waals surface area contributed by atoms with Crippen LogP contribution < -0.4 is 14.8 Å². The Morgan fingerprint density at radius 3 is 2.90 bits per heavy atom. The molecule has 1 aliphatic heterocycles. The quantitative estimate of drug-likeness (QED) is 0.829. The molecule has 0 saturated carbocycles. The van der Waals surface area contributed by atoms with Crippen molar-refractivity contribution in [3.05, 3.63) is 24.3 Å². The first-order valence-electron chi connectivity index (χ1n) is 7.01. The maximum atomic E-state index is 11.8. The largest absolute Gasteiger partial charge is 0.493 e. The SMILES string of the molecule is COc1ccccc1OCC(=O)NCC1CN(C)CCO1. The second-order valence-electron chi connectivity index (χ2n) is 5.00. The van der Waals surface area contributed by atoms with Gasteiger partial charge in [0.1, 0.15) is 0 Å². The van der Waals surface area contributed by atoms with Crippen LogP contribution in [0.1, 0.15) is 0 Å². The Kier molecular flexibility index (Phi) is 5.83. The van der Waals surface area contributed by atoms with E-state index in [1.54, 1.807) is 19.2 Å². The Hall–Kier alpha value is -1.79. The minimum absolute atomic E-state index is 0.0388. The molecule has 1 aromatic rings. The highest BCUT2D eigenvalue weighted by atomic mass is 16.5. The van der Waals surface area contributed by atoms with Crippen LogP contribution >= 0.6 is 0 Å². The molecule has 1 N–H and O–H groups in total. The molecular weight excluding hydrogens is 272 g/mol. The maximum absolute atomic E-state index is 11.8. The van der Waals surface area contributed by atoms with Crippen molar-refractivity contribution in [1.82, 2.24) is 10.2 Å². The lowest BCUT2D eigenvalue weighted by Gasteiger charge is -2.30. The van der Waals surface area contributed by atoms with Gasteiger partial charge in [0.05, 0.1) is 19.8 Å². The third-order valence-electron chi connectivity index (χ3n) is 3.30. The second kappa shape index (κ2) is 7.85. The topological polar surface area (TPSA) is 60.0 Å². The number of nitrogens with zero attached hydrogens (tertiary/aromatic N) is 1. The summed E-state index contributed by atoms with van der Waals surface area (Å²) in [5.41, 5.74) is 0. The summed E-state index contributed by atoms with van der Waals surface area (Å²) in [7, 11) is 3.61. The number of amides is 1. The van der Waals surface area contributed by atoms with E-state index < -0.39 is 0 Å². The molecule has 1 amide bonds. The van der Waals surface area contributed by atoms with Gasteiger partial charge in [0.25, 0.3) is 5.91 Å². The highest BCUT2D eigenvalue weighted by Gasteiger charge is 2.18. The first-order valence-corrected chi connectivity index (χ1v) is 7.01. The molecule has 2 rings (SSSR count). The highest BCUT2D eigenvalue weighted by molar-refractivity contribution is 5.77. The molecule has 21 heavy (non-hydrogen) atoms. The third-order valence-corrected chi connectivity index (χ3v) is 3.30. The third kappa shape index (κ3) is 4.91. The number of hydrogen-bond acceptors (Lipinski definition) is 5. The van der Waals surface area contributed by atoms with Crippen molar-refractivity contribution in [2.24, 2.45) is 0 Å². The van der Waals surface area contributed by atoms with E-state index in [1.165, 1.54) is 0 Å². The summed E-state index contributed by atoms with van der Waals surface area (Å²) < 4.78 is 16.2. The van der Waals surface area contributed by atoms with Gasteiger partial charge in [-0.05, 0) is 19.2 Å². The molecule has 1 fully saturated rings. The summed E-state index contributed by atoms with van der Waals surface area (Å²) >= 11 is 0. The van der Waals surface area contributed by atoms with E-state index in [4.69, 9.17) is 14.2 Å². The van der Waals surface area contributed by atoms with Gasteiger partial charge >= 0.3 is 0 Å². The van der Waals surface area contributed by atoms with E-state index in [0.29, 0.717) is 24.7 Å². The summed E-state index contributed by atoms with van der Waals surface area (Å²) in [6.45, 7) is 2.92. The summed E-state index contributed by atoms with van der Waals surface area (Å²) in [5, 5.41) is 2.82. The first-order chi connectivity index (χ1) is 10.2. The molecule has 0 spiro atoms. The number of carbonyl (C=O) groups excluding carboxylic acids is 1. The molecule has 1 atom stereocenters. The summed E-state index contributed by atoms with van der Waals surface area (Å²) in [4.78, 5) is 14.0. The number of ether oxygens (including phenoxy) is 3. The van der Waals surface area contributed by atoms with Crippen molar-refractivity contribution in [1.29, 1.82) is 0 Å². The molecule has 116 valence electrons. The molecule has 0 aliphatic carbocycles. The molecule has 6 nitrogen and oxygen atoms in total. The average molecular weight is 294 g/mol. The lowest BCUT2D eigenvalue weighted by molar-refractivity contribution is -0.124. The van der Waals surface area contributed by atoms with Gasteiger partial charge in [-0.2, -0.15) is 0 Å².